The van der Waals surface area contributed by atoms with Crippen molar-refractivity contribution in [2.75, 3.05) is 26.3 Å². The van der Waals surface area contributed by atoms with Crippen molar-refractivity contribution < 1.29 is 14.3 Å². The summed E-state index contributed by atoms with van der Waals surface area (Å²) >= 11 is 0. The quantitative estimate of drug-likeness (QED) is 0.836. The number of nitrogens with zero attached hydrogens (tertiary/aromatic N) is 1. The van der Waals surface area contributed by atoms with E-state index in [-0.39, 0.29) is 12.1 Å². The Labute approximate surface area is 165 Å². The van der Waals surface area contributed by atoms with Gasteiger partial charge >= 0.3 is 6.03 Å². The lowest BCUT2D eigenvalue weighted by atomic mass is 10.0. The lowest BCUT2D eigenvalue weighted by Crippen LogP contribution is -2.47. The Kier molecular flexibility index (Phi) is 5.97. The van der Waals surface area contributed by atoms with Crippen LogP contribution in [0, 0.1) is 0 Å². The van der Waals surface area contributed by atoms with Crippen LogP contribution in [0.25, 0.3) is 0 Å². The van der Waals surface area contributed by atoms with Crippen molar-refractivity contribution in [3.05, 3.63) is 59.7 Å². The topological polar surface area (TPSA) is 62.8 Å². The Balaban J connectivity index is 1.19. The first-order valence-electron chi connectivity index (χ1n) is 9.95. The van der Waals surface area contributed by atoms with Crippen molar-refractivity contribution in [3.63, 3.8) is 0 Å². The fraction of sp³-hybridized carbons (Fsp3) is 0.409. The van der Waals surface area contributed by atoms with Gasteiger partial charge in [0.2, 0.25) is 0 Å². The zero-order valence-electron chi connectivity index (χ0n) is 16.0. The molecule has 0 aliphatic carbocycles. The molecule has 148 valence electrons. The van der Waals surface area contributed by atoms with Crippen LogP contribution in [0.5, 0.6) is 11.5 Å². The van der Waals surface area contributed by atoms with Gasteiger partial charge in [-0.1, -0.05) is 36.4 Å². The molecule has 0 unspecified atom stereocenters. The number of hydrogen-bond donors (Lipinski definition) is 2. The zero-order chi connectivity index (χ0) is 19.2. The van der Waals surface area contributed by atoms with Gasteiger partial charge in [-0.2, -0.15) is 0 Å². The second kappa shape index (κ2) is 8.97. The van der Waals surface area contributed by atoms with Crippen LogP contribution in [-0.2, 0) is 13.1 Å². The highest BCUT2D eigenvalue weighted by Gasteiger charge is 2.20. The molecule has 2 aromatic rings. The van der Waals surface area contributed by atoms with Gasteiger partial charge < -0.3 is 20.1 Å². The van der Waals surface area contributed by atoms with E-state index >= 15 is 0 Å². The summed E-state index contributed by atoms with van der Waals surface area (Å²) < 4.78 is 11.1. The molecule has 2 aromatic carbocycles. The molecule has 28 heavy (non-hydrogen) atoms. The minimum absolute atomic E-state index is 0.114. The molecule has 0 spiro atoms. The van der Waals surface area contributed by atoms with Gasteiger partial charge in [-0.25, -0.2) is 4.79 Å². The maximum atomic E-state index is 12.3. The fourth-order valence-corrected chi connectivity index (χ4v) is 3.69. The van der Waals surface area contributed by atoms with Gasteiger partial charge in [0.25, 0.3) is 0 Å². The monoisotopic (exact) mass is 381 g/mol. The summed E-state index contributed by atoms with van der Waals surface area (Å²) in [7, 11) is 0. The second-order valence-corrected chi connectivity index (χ2v) is 7.34. The van der Waals surface area contributed by atoms with Crippen LogP contribution >= 0.6 is 0 Å². The SMILES string of the molecule is O=C(NCc1ccc2c(c1)OCCO2)NC1CCN(Cc2ccccc2)CC1. The molecular weight excluding hydrogens is 354 g/mol. The Morgan fingerprint density at radius 3 is 2.50 bits per heavy atom. The minimum atomic E-state index is -0.114. The third-order valence-corrected chi connectivity index (χ3v) is 5.23. The van der Waals surface area contributed by atoms with Crippen LogP contribution < -0.4 is 20.1 Å². The highest BCUT2D eigenvalue weighted by atomic mass is 16.6. The number of carbonyl (C=O) groups excluding carboxylic acids is 1. The Hall–Kier alpha value is -2.73. The standard InChI is InChI=1S/C22H27N3O3/c26-22(23-15-18-6-7-20-21(14-18)28-13-12-27-20)24-19-8-10-25(11-9-19)16-17-4-2-1-3-5-17/h1-7,14,19H,8-13,15-16H2,(H2,23,24,26). The third-order valence-electron chi connectivity index (χ3n) is 5.23. The zero-order valence-corrected chi connectivity index (χ0v) is 16.0. The van der Waals surface area contributed by atoms with Gasteiger partial charge in [0.15, 0.2) is 11.5 Å². The second-order valence-electron chi connectivity index (χ2n) is 7.34. The first-order chi connectivity index (χ1) is 13.8. The molecule has 2 aliphatic rings. The molecule has 1 fully saturated rings. The van der Waals surface area contributed by atoms with Gasteiger partial charge in [-0.15, -0.1) is 0 Å². The van der Waals surface area contributed by atoms with E-state index in [4.69, 9.17) is 9.47 Å². The number of piperidine rings is 1. The molecular formula is C22H27N3O3. The molecule has 2 N–H and O–H groups in total. The first-order valence-corrected chi connectivity index (χ1v) is 9.95. The van der Waals surface area contributed by atoms with Gasteiger partial charge in [-0.05, 0) is 36.1 Å². The fourth-order valence-electron chi connectivity index (χ4n) is 3.69. The molecule has 6 nitrogen and oxygen atoms in total. The average molecular weight is 381 g/mol. The van der Waals surface area contributed by atoms with E-state index < -0.39 is 0 Å². The van der Waals surface area contributed by atoms with E-state index in [2.05, 4.69) is 39.8 Å². The number of amides is 2. The Morgan fingerprint density at radius 2 is 1.71 bits per heavy atom. The Bertz CT molecular complexity index is 789. The van der Waals surface area contributed by atoms with Crippen molar-refractivity contribution in [2.45, 2.75) is 32.0 Å². The van der Waals surface area contributed by atoms with Crippen LogP contribution in [-0.4, -0.2) is 43.3 Å². The molecule has 1 saturated heterocycles. The number of rotatable bonds is 5. The number of fused-ring (bicyclic) bond motifs is 1. The molecule has 0 aromatic heterocycles. The van der Waals surface area contributed by atoms with E-state index in [9.17, 15) is 4.79 Å². The van der Waals surface area contributed by atoms with E-state index in [1.165, 1.54) is 5.56 Å². The molecule has 2 aliphatic heterocycles. The summed E-state index contributed by atoms with van der Waals surface area (Å²) in [6, 6.07) is 16.4. The highest BCUT2D eigenvalue weighted by Crippen LogP contribution is 2.30. The molecule has 0 saturated carbocycles. The maximum absolute atomic E-state index is 12.3. The third kappa shape index (κ3) is 4.95. The number of urea groups is 1. The highest BCUT2D eigenvalue weighted by molar-refractivity contribution is 5.74. The van der Waals surface area contributed by atoms with Crippen LogP contribution in [0.2, 0.25) is 0 Å². The molecule has 4 rings (SSSR count). The van der Waals surface area contributed by atoms with Gasteiger partial charge in [0.05, 0.1) is 0 Å². The van der Waals surface area contributed by atoms with Crippen LogP contribution in [0.1, 0.15) is 24.0 Å². The van der Waals surface area contributed by atoms with E-state index in [1.807, 2.05) is 24.3 Å². The minimum Gasteiger partial charge on any atom is -0.486 e. The van der Waals surface area contributed by atoms with Crippen molar-refractivity contribution in [1.29, 1.82) is 0 Å². The largest absolute Gasteiger partial charge is 0.486 e. The first kappa shape index (κ1) is 18.6. The molecule has 2 amide bonds. The van der Waals surface area contributed by atoms with Crippen molar-refractivity contribution in [1.82, 2.24) is 15.5 Å². The lowest BCUT2D eigenvalue weighted by Gasteiger charge is -2.32. The van der Waals surface area contributed by atoms with Crippen molar-refractivity contribution >= 4 is 6.03 Å². The summed E-state index contributed by atoms with van der Waals surface area (Å²) in [4.78, 5) is 14.7. The number of carbonyl (C=O) groups is 1. The van der Waals surface area contributed by atoms with E-state index in [0.717, 1.165) is 49.5 Å². The van der Waals surface area contributed by atoms with Crippen molar-refractivity contribution in [2.24, 2.45) is 0 Å². The van der Waals surface area contributed by atoms with E-state index in [0.29, 0.717) is 19.8 Å². The van der Waals surface area contributed by atoms with Crippen LogP contribution in [0.4, 0.5) is 4.79 Å². The molecule has 0 bridgehead atoms. The van der Waals surface area contributed by atoms with Gasteiger partial charge in [0.1, 0.15) is 13.2 Å². The predicted octanol–water partition coefficient (Wildman–Crippen LogP) is 2.92. The summed E-state index contributed by atoms with van der Waals surface area (Å²) in [5, 5.41) is 6.05. The van der Waals surface area contributed by atoms with E-state index in [1.54, 1.807) is 0 Å². The summed E-state index contributed by atoms with van der Waals surface area (Å²) in [5.41, 5.74) is 2.34. The normalized spacial score (nSPS) is 17.1. The van der Waals surface area contributed by atoms with Crippen molar-refractivity contribution in [3.8, 4) is 11.5 Å². The number of likely N-dealkylation sites (tertiary alicyclic amines) is 1. The smallest absolute Gasteiger partial charge is 0.315 e. The number of ether oxygens (including phenoxy) is 2. The number of benzene rings is 2. The van der Waals surface area contributed by atoms with Gasteiger partial charge in [-0.3, -0.25) is 4.90 Å². The number of hydrogen-bond acceptors (Lipinski definition) is 4. The molecule has 0 atom stereocenters. The van der Waals surface area contributed by atoms with Crippen LogP contribution in [0.3, 0.4) is 0 Å². The average Bonchev–Trinajstić information content (AvgIpc) is 2.74. The molecule has 6 heteroatoms. The van der Waals surface area contributed by atoms with Gasteiger partial charge in [0, 0.05) is 32.2 Å². The summed E-state index contributed by atoms with van der Waals surface area (Å²) in [5.74, 6) is 1.51. The Morgan fingerprint density at radius 1 is 0.964 bits per heavy atom. The molecule has 0 radical (unpaired) electrons. The summed E-state index contributed by atoms with van der Waals surface area (Å²) in [6.45, 7) is 4.59. The lowest BCUT2D eigenvalue weighted by molar-refractivity contribution is 0.171. The van der Waals surface area contributed by atoms with Crippen LogP contribution in [0.15, 0.2) is 48.5 Å². The number of nitrogens with one attached hydrogen (secondary N) is 2. The predicted molar refractivity (Wildman–Crippen MR) is 108 cm³/mol. The maximum Gasteiger partial charge on any atom is 0.315 e. The molecule has 2 heterocycles. The summed E-state index contributed by atoms with van der Waals surface area (Å²) in [6.07, 6.45) is 1.95.